The molecule has 9 heteroatoms. The number of benzene rings is 2. The molecule has 2 N–H and O–H groups in total. The Bertz CT molecular complexity index is 1460. The fourth-order valence-electron chi connectivity index (χ4n) is 6.71. The average molecular weight is 525 g/mol. The molecule has 0 amide bonds. The van der Waals surface area contributed by atoms with Crippen molar-refractivity contribution in [3.8, 4) is 23.8 Å². The smallest absolute Gasteiger partial charge is 0.224 e. The highest BCUT2D eigenvalue weighted by atomic mass is 16.5. The van der Waals surface area contributed by atoms with Crippen LogP contribution in [0.25, 0.3) is 0 Å². The molecule has 1 saturated carbocycles. The minimum absolute atomic E-state index is 0.0277. The third-order valence-corrected chi connectivity index (χ3v) is 8.35. The number of morpholine rings is 1. The van der Waals surface area contributed by atoms with E-state index in [1.165, 1.54) is 13.2 Å². The van der Waals surface area contributed by atoms with Crippen LogP contribution in [-0.2, 0) is 15.9 Å². The summed E-state index contributed by atoms with van der Waals surface area (Å²) in [4.78, 5) is 6.54. The summed E-state index contributed by atoms with van der Waals surface area (Å²) in [5.41, 5.74) is -1.27. The van der Waals surface area contributed by atoms with Gasteiger partial charge in [0.1, 0.15) is 17.5 Å². The summed E-state index contributed by atoms with van der Waals surface area (Å²) in [5.74, 6) is -0.716. The number of aromatic nitrogens is 1. The van der Waals surface area contributed by atoms with E-state index in [9.17, 15) is 20.7 Å². The van der Waals surface area contributed by atoms with Crippen molar-refractivity contribution in [2.24, 2.45) is 5.92 Å². The standard InChI is InChI=1S/C30H28N4O5/c1-37-28-26-24(15-22(17-32)33-28)39-30(21-9-7-19(16-31)8-10-21)25(20-5-3-2-4-6-20)23(27(35)29(26,30)36)18-34-11-13-38-14-12-34/h2-10,15,23,25,27,35-36H,11-14,18H2,1H3/t23?,25-,27-,29+,30+/m1/s1. The molecule has 39 heavy (non-hydrogen) atoms. The lowest BCUT2D eigenvalue weighted by Crippen LogP contribution is -2.52. The summed E-state index contributed by atoms with van der Waals surface area (Å²) in [5, 5.41) is 44.2. The van der Waals surface area contributed by atoms with Crippen molar-refractivity contribution in [3.05, 3.63) is 88.6 Å². The van der Waals surface area contributed by atoms with E-state index in [0.29, 0.717) is 44.0 Å². The monoisotopic (exact) mass is 524 g/mol. The molecule has 0 spiro atoms. The minimum Gasteiger partial charge on any atom is -0.481 e. The molecule has 5 atom stereocenters. The van der Waals surface area contributed by atoms with Crippen LogP contribution in [0.1, 0.15) is 33.9 Å². The molecular formula is C30H28N4O5. The van der Waals surface area contributed by atoms with E-state index in [1.807, 2.05) is 36.4 Å². The van der Waals surface area contributed by atoms with Crippen molar-refractivity contribution in [1.29, 1.82) is 10.5 Å². The van der Waals surface area contributed by atoms with Crippen LogP contribution in [0.2, 0.25) is 0 Å². The number of rotatable bonds is 5. The maximum atomic E-state index is 12.9. The third kappa shape index (κ3) is 3.63. The van der Waals surface area contributed by atoms with Gasteiger partial charge in [-0.2, -0.15) is 10.5 Å². The lowest BCUT2D eigenvalue weighted by atomic mass is 9.70. The van der Waals surface area contributed by atoms with E-state index in [2.05, 4.69) is 16.0 Å². The van der Waals surface area contributed by atoms with E-state index in [4.69, 9.17) is 14.2 Å². The number of aliphatic hydroxyl groups is 2. The molecule has 3 heterocycles. The van der Waals surface area contributed by atoms with Crippen LogP contribution < -0.4 is 9.47 Å². The van der Waals surface area contributed by atoms with E-state index in [1.54, 1.807) is 24.3 Å². The van der Waals surface area contributed by atoms with Crippen molar-refractivity contribution in [3.63, 3.8) is 0 Å². The molecule has 9 nitrogen and oxygen atoms in total. The fraction of sp³-hybridized carbons (Fsp3) is 0.367. The van der Waals surface area contributed by atoms with Gasteiger partial charge in [-0.3, -0.25) is 4.90 Å². The number of aliphatic hydroxyl groups excluding tert-OH is 1. The molecule has 0 bridgehead atoms. The zero-order valence-corrected chi connectivity index (χ0v) is 21.4. The molecule has 0 radical (unpaired) electrons. The summed E-state index contributed by atoms with van der Waals surface area (Å²) < 4.78 is 17.9. The van der Waals surface area contributed by atoms with Gasteiger partial charge in [-0.15, -0.1) is 0 Å². The number of fused-ring (bicyclic) bond motifs is 3. The topological polar surface area (TPSA) is 132 Å². The van der Waals surface area contributed by atoms with Crippen LogP contribution in [0.15, 0.2) is 60.7 Å². The maximum Gasteiger partial charge on any atom is 0.224 e. The molecular weight excluding hydrogens is 496 g/mol. The van der Waals surface area contributed by atoms with Crippen molar-refractivity contribution < 1.29 is 24.4 Å². The molecule has 3 aliphatic rings. The van der Waals surface area contributed by atoms with Gasteiger partial charge in [-0.25, -0.2) is 4.98 Å². The number of methoxy groups -OCH3 is 1. The molecule has 6 rings (SSSR count). The first-order valence-electron chi connectivity index (χ1n) is 12.9. The van der Waals surface area contributed by atoms with Gasteiger partial charge in [0.05, 0.1) is 43.6 Å². The first kappa shape index (κ1) is 25.3. The van der Waals surface area contributed by atoms with Crippen LogP contribution in [0.3, 0.4) is 0 Å². The second-order valence-corrected chi connectivity index (χ2v) is 10.2. The van der Waals surface area contributed by atoms with Gasteiger partial charge in [-0.05, 0) is 23.3 Å². The van der Waals surface area contributed by atoms with Gasteiger partial charge < -0.3 is 24.4 Å². The normalized spacial score (nSPS) is 29.5. The summed E-state index contributed by atoms with van der Waals surface area (Å²) >= 11 is 0. The number of pyridine rings is 1. The Morgan fingerprint density at radius 2 is 1.79 bits per heavy atom. The van der Waals surface area contributed by atoms with Crippen LogP contribution in [0.5, 0.6) is 11.6 Å². The van der Waals surface area contributed by atoms with Gasteiger partial charge in [0.25, 0.3) is 0 Å². The van der Waals surface area contributed by atoms with E-state index in [0.717, 1.165) is 5.56 Å². The molecule has 1 saturated heterocycles. The van der Waals surface area contributed by atoms with E-state index >= 15 is 0 Å². The Morgan fingerprint density at radius 3 is 2.44 bits per heavy atom. The minimum atomic E-state index is -1.99. The molecule has 2 fully saturated rings. The Hall–Kier alpha value is -3.99. The second kappa shape index (κ2) is 9.64. The summed E-state index contributed by atoms with van der Waals surface area (Å²) in [6.45, 7) is 3.10. The Kier molecular flexibility index (Phi) is 6.25. The van der Waals surface area contributed by atoms with Crippen LogP contribution in [-0.4, -0.2) is 66.2 Å². The predicted octanol–water partition coefficient (Wildman–Crippen LogP) is 2.42. The first-order valence-corrected chi connectivity index (χ1v) is 12.9. The maximum absolute atomic E-state index is 12.9. The lowest BCUT2D eigenvalue weighted by molar-refractivity contribution is -0.152. The predicted molar refractivity (Wildman–Crippen MR) is 139 cm³/mol. The third-order valence-electron chi connectivity index (χ3n) is 8.35. The molecule has 1 aliphatic carbocycles. The van der Waals surface area contributed by atoms with Gasteiger partial charge >= 0.3 is 0 Å². The number of hydrogen-bond donors (Lipinski definition) is 2. The molecule has 1 aromatic heterocycles. The van der Waals surface area contributed by atoms with Crippen molar-refractivity contribution in [1.82, 2.24) is 9.88 Å². The summed E-state index contributed by atoms with van der Waals surface area (Å²) in [6.07, 6.45) is -1.29. The van der Waals surface area contributed by atoms with Crippen LogP contribution >= 0.6 is 0 Å². The van der Waals surface area contributed by atoms with Gasteiger partial charge in [-0.1, -0.05) is 42.5 Å². The SMILES string of the molecule is COc1nc(C#N)cc2c1[C@]1(O)[C@H](O)C(CN3CCOCC3)[C@@H](c3ccccc3)[C@]1(c1ccc(C#N)cc1)O2. The zero-order chi connectivity index (χ0) is 27.2. The van der Waals surface area contributed by atoms with Crippen molar-refractivity contribution in [2.45, 2.75) is 23.2 Å². The highest BCUT2D eigenvalue weighted by molar-refractivity contribution is 5.60. The molecule has 198 valence electrons. The molecule has 3 aromatic rings. The first-order chi connectivity index (χ1) is 19.0. The van der Waals surface area contributed by atoms with Crippen LogP contribution in [0, 0.1) is 28.6 Å². The van der Waals surface area contributed by atoms with E-state index < -0.39 is 29.1 Å². The lowest BCUT2D eigenvalue weighted by Gasteiger charge is -2.41. The van der Waals surface area contributed by atoms with Crippen molar-refractivity contribution >= 4 is 0 Å². The average Bonchev–Trinajstić information content (AvgIpc) is 3.36. The number of nitrogens with zero attached hydrogens (tertiary/aromatic N) is 4. The highest BCUT2D eigenvalue weighted by Gasteiger charge is 2.77. The fourth-order valence-corrected chi connectivity index (χ4v) is 6.71. The summed E-state index contributed by atoms with van der Waals surface area (Å²) in [7, 11) is 1.41. The number of ether oxygens (including phenoxy) is 3. The Labute approximate surface area is 226 Å². The number of nitriles is 2. The van der Waals surface area contributed by atoms with E-state index in [-0.39, 0.29) is 22.9 Å². The summed E-state index contributed by atoms with van der Waals surface area (Å²) in [6, 6.07) is 22.2. The quantitative estimate of drug-likeness (QED) is 0.516. The molecule has 2 aromatic carbocycles. The highest BCUT2D eigenvalue weighted by Crippen LogP contribution is 2.69. The zero-order valence-electron chi connectivity index (χ0n) is 21.4. The van der Waals surface area contributed by atoms with Gasteiger partial charge in [0.15, 0.2) is 11.2 Å². The Morgan fingerprint density at radius 1 is 1.08 bits per heavy atom. The largest absolute Gasteiger partial charge is 0.481 e. The second-order valence-electron chi connectivity index (χ2n) is 10.2. The van der Waals surface area contributed by atoms with Gasteiger partial charge in [0.2, 0.25) is 5.88 Å². The van der Waals surface area contributed by atoms with Gasteiger partial charge in [0, 0.05) is 37.5 Å². The number of hydrogen-bond acceptors (Lipinski definition) is 9. The molecule has 1 unspecified atom stereocenters. The Balaban J connectivity index is 1.63. The van der Waals surface area contributed by atoms with Crippen LogP contribution in [0.4, 0.5) is 0 Å². The van der Waals surface area contributed by atoms with Crippen molar-refractivity contribution in [2.75, 3.05) is 40.0 Å². The molecule has 2 aliphatic heterocycles.